The van der Waals surface area contributed by atoms with Crippen LogP contribution in [0.15, 0.2) is 18.2 Å². The van der Waals surface area contributed by atoms with E-state index in [0.29, 0.717) is 4.83 Å². The fourth-order valence-corrected chi connectivity index (χ4v) is 2.86. The standard InChI is InChI=1S/C14H19BrO/c1-16-10-14(15)8-6-11-5-7-12-3-2-4-13(12)9-11/h5,7,9,14H,2-4,6,8,10H2,1H3. The first-order valence-electron chi connectivity index (χ1n) is 6.03. The van der Waals surface area contributed by atoms with Crippen LogP contribution in [0.1, 0.15) is 29.5 Å². The average molecular weight is 283 g/mol. The predicted molar refractivity (Wildman–Crippen MR) is 71.4 cm³/mol. The van der Waals surface area contributed by atoms with Crippen LogP contribution in [0.2, 0.25) is 0 Å². The minimum absolute atomic E-state index is 0.478. The Morgan fingerprint density at radius 3 is 2.94 bits per heavy atom. The van der Waals surface area contributed by atoms with Gasteiger partial charge in [-0.15, -0.1) is 0 Å². The predicted octanol–water partition coefficient (Wildman–Crippen LogP) is 3.52. The molecule has 1 aromatic carbocycles. The molecule has 1 nitrogen and oxygen atoms in total. The third-order valence-corrected chi connectivity index (χ3v) is 3.98. The molecular formula is C14H19BrO. The molecule has 1 atom stereocenters. The van der Waals surface area contributed by atoms with Crippen molar-refractivity contribution in [3.05, 3.63) is 34.9 Å². The molecule has 0 amide bonds. The molecule has 0 radical (unpaired) electrons. The van der Waals surface area contributed by atoms with Crippen LogP contribution in [-0.2, 0) is 24.0 Å². The van der Waals surface area contributed by atoms with Gasteiger partial charge in [0.05, 0.1) is 6.61 Å². The number of alkyl halides is 1. The van der Waals surface area contributed by atoms with Crippen LogP contribution in [0.25, 0.3) is 0 Å². The number of halogens is 1. The second-order valence-corrected chi connectivity index (χ2v) is 5.84. The fourth-order valence-electron chi connectivity index (χ4n) is 2.37. The van der Waals surface area contributed by atoms with Gasteiger partial charge in [-0.1, -0.05) is 34.1 Å². The van der Waals surface area contributed by atoms with Crippen LogP contribution in [0.5, 0.6) is 0 Å². The molecule has 0 saturated carbocycles. The van der Waals surface area contributed by atoms with Crippen LogP contribution >= 0.6 is 15.9 Å². The van der Waals surface area contributed by atoms with Gasteiger partial charge in [0.15, 0.2) is 0 Å². The zero-order chi connectivity index (χ0) is 11.4. The Morgan fingerprint density at radius 2 is 2.12 bits per heavy atom. The fraction of sp³-hybridized carbons (Fsp3) is 0.571. The van der Waals surface area contributed by atoms with E-state index in [1.165, 1.54) is 24.8 Å². The van der Waals surface area contributed by atoms with Gasteiger partial charge in [0.1, 0.15) is 0 Å². The molecule has 16 heavy (non-hydrogen) atoms. The maximum Gasteiger partial charge on any atom is 0.0587 e. The smallest absolute Gasteiger partial charge is 0.0587 e. The zero-order valence-electron chi connectivity index (χ0n) is 9.84. The molecule has 0 N–H and O–H groups in total. The normalized spacial score (nSPS) is 16.1. The van der Waals surface area contributed by atoms with Gasteiger partial charge in [-0.3, -0.25) is 0 Å². The summed E-state index contributed by atoms with van der Waals surface area (Å²) >= 11 is 3.63. The largest absolute Gasteiger partial charge is 0.384 e. The molecule has 0 aliphatic heterocycles. The Morgan fingerprint density at radius 1 is 1.31 bits per heavy atom. The second-order valence-electron chi connectivity index (χ2n) is 4.55. The molecule has 0 heterocycles. The van der Waals surface area contributed by atoms with Crippen molar-refractivity contribution in [3.63, 3.8) is 0 Å². The van der Waals surface area contributed by atoms with Gasteiger partial charge in [-0.2, -0.15) is 0 Å². The van der Waals surface area contributed by atoms with Crippen molar-refractivity contribution in [2.24, 2.45) is 0 Å². The number of benzene rings is 1. The lowest BCUT2D eigenvalue weighted by Crippen LogP contribution is -2.07. The molecule has 2 rings (SSSR count). The van der Waals surface area contributed by atoms with Gasteiger partial charge in [-0.05, 0) is 48.8 Å². The summed E-state index contributed by atoms with van der Waals surface area (Å²) in [6.07, 6.45) is 6.18. The van der Waals surface area contributed by atoms with Crippen LogP contribution in [0.3, 0.4) is 0 Å². The highest BCUT2D eigenvalue weighted by atomic mass is 79.9. The molecule has 1 aliphatic rings. The van der Waals surface area contributed by atoms with E-state index >= 15 is 0 Å². The van der Waals surface area contributed by atoms with Crippen molar-refractivity contribution in [3.8, 4) is 0 Å². The quantitative estimate of drug-likeness (QED) is 0.751. The lowest BCUT2D eigenvalue weighted by Gasteiger charge is -2.09. The molecule has 1 aromatic rings. The molecule has 0 fully saturated rings. The van der Waals surface area contributed by atoms with Gasteiger partial charge in [0.2, 0.25) is 0 Å². The van der Waals surface area contributed by atoms with Gasteiger partial charge >= 0.3 is 0 Å². The van der Waals surface area contributed by atoms with Crippen molar-refractivity contribution in [1.82, 2.24) is 0 Å². The SMILES string of the molecule is COCC(Br)CCc1ccc2c(c1)CCC2. The summed E-state index contributed by atoms with van der Waals surface area (Å²) < 4.78 is 5.12. The lowest BCUT2D eigenvalue weighted by atomic mass is 10.0. The zero-order valence-corrected chi connectivity index (χ0v) is 11.4. The van der Waals surface area contributed by atoms with E-state index in [0.717, 1.165) is 19.4 Å². The van der Waals surface area contributed by atoms with Crippen molar-refractivity contribution in [2.45, 2.75) is 36.9 Å². The first-order valence-corrected chi connectivity index (χ1v) is 6.95. The number of methoxy groups -OCH3 is 1. The van der Waals surface area contributed by atoms with Crippen LogP contribution in [0, 0.1) is 0 Å². The number of hydrogen-bond acceptors (Lipinski definition) is 1. The number of ether oxygens (including phenoxy) is 1. The number of hydrogen-bond donors (Lipinski definition) is 0. The highest BCUT2D eigenvalue weighted by Crippen LogP contribution is 2.23. The highest BCUT2D eigenvalue weighted by molar-refractivity contribution is 9.09. The Labute approximate surface area is 106 Å². The van der Waals surface area contributed by atoms with Crippen molar-refractivity contribution in [2.75, 3.05) is 13.7 Å². The van der Waals surface area contributed by atoms with Gasteiger partial charge in [-0.25, -0.2) is 0 Å². The molecule has 0 saturated heterocycles. The van der Waals surface area contributed by atoms with E-state index in [1.807, 2.05) is 0 Å². The van der Waals surface area contributed by atoms with Crippen molar-refractivity contribution in [1.29, 1.82) is 0 Å². The van der Waals surface area contributed by atoms with E-state index in [4.69, 9.17) is 4.74 Å². The van der Waals surface area contributed by atoms with Crippen LogP contribution in [0.4, 0.5) is 0 Å². The summed E-state index contributed by atoms with van der Waals surface area (Å²) in [5.41, 5.74) is 4.62. The summed E-state index contributed by atoms with van der Waals surface area (Å²) in [4.78, 5) is 0.478. The highest BCUT2D eigenvalue weighted by Gasteiger charge is 2.11. The van der Waals surface area contributed by atoms with E-state index < -0.39 is 0 Å². The molecular weight excluding hydrogens is 264 g/mol. The van der Waals surface area contributed by atoms with Gasteiger partial charge in [0.25, 0.3) is 0 Å². The third kappa shape index (κ3) is 3.08. The minimum Gasteiger partial charge on any atom is -0.384 e. The van der Waals surface area contributed by atoms with E-state index in [-0.39, 0.29) is 0 Å². The first kappa shape index (κ1) is 12.1. The van der Waals surface area contributed by atoms with Crippen LogP contribution in [-0.4, -0.2) is 18.5 Å². The second kappa shape index (κ2) is 5.83. The molecule has 2 heteroatoms. The Balaban J connectivity index is 1.90. The molecule has 1 unspecified atom stereocenters. The Kier molecular flexibility index (Phi) is 4.42. The summed E-state index contributed by atoms with van der Waals surface area (Å²) in [5.74, 6) is 0. The molecule has 1 aliphatic carbocycles. The van der Waals surface area contributed by atoms with Crippen LogP contribution < -0.4 is 0 Å². The summed E-state index contributed by atoms with van der Waals surface area (Å²) in [7, 11) is 1.75. The first-order chi connectivity index (χ1) is 7.79. The molecule has 88 valence electrons. The van der Waals surface area contributed by atoms with Crippen molar-refractivity contribution < 1.29 is 4.74 Å². The van der Waals surface area contributed by atoms with Crippen molar-refractivity contribution >= 4 is 15.9 Å². The minimum atomic E-state index is 0.478. The number of aryl methyl sites for hydroxylation is 3. The van der Waals surface area contributed by atoms with Gasteiger partial charge < -0.3 is 4.74 Å². The van der Waals surface area contributed by atoms with E-state index in [9.17, 15) is 0 Å². The Bertz CT molecular complexity index is 349. The topological polar surface area (TPSA) is 9.23 Å². The van der Waals surface area contributed by atoms with Gasteiger partial charge in [0, 0.05) is 11.9 Å². The number of rotatable bonds is 5. The molecule has 0 spiro atoms. The summed E-state index contributed by atoms with van der Waals surface area (Å²) in [6.45, 7) is 0.797. The lowest BCUT2D eigenvalue weighted by molar-refractivity contribution is 0.198. The summed E-state index contributed by atoms with van der Waals surface area (Å²) in [6, 6.07) is 7.00. The average Bonchev–Trinajstić information content (AvgIpc) is 2.74. The maximum atomic E-state index is 5.12. The molecule has 0 aromatic heterocycles. The van der Waals surface area contributed by atoms with E-state index in [1.54, 1.807) is 18.2 Å². The maximum absolute atomic E-state index is 5.12. The number of fused-ring (bicyclic) bond motifs is 1. The Hall–Kier alpha value is -0.340. The molecule has 0 bridgehead atoms. The summed E-state index contributed by atoms with van der Waals surface area (Å²) in [5, 5.41) is 0. The monoisotopic (exact) mass is 282 g/mol. The third-order valence-electron chi connectivity index (χ3n) is 3.26. The van der Waals surface area contributed by atoms with E-state index in [2.05, 4.69) is 34.1 Å².